The van der Waals surface area contributed by atoms with Crippen LogP contribution in [0, 0.1) is 0 Å². The molecule has 0 radical (unpaired) electrons. The third-order valence-electron chi connectivity index (χ3n) is 3.81. The summed E-state index contributed by atoms with van der Waals surface area (Å²) in [4.78, 5) is 20.7. The number of pyridine rings is 2. The van der Waals surface area contributed by atoms with Gasteiger partial charge in [0.25, 0.3) is 0 Å². The highest BCUT2D eigenvalue weighted by atomic mass is 16.5. The molecule has 0 fully saturated rings. The standard InChI is InChI=1S/C19H15N3O3/c1-2-24-19(23)18-17(14-7-8-20-11-16(14)25-18)22-13-9-12-5-3-4-6-15(12)21-10-13/h3-11,22H,2H2,1H3. The number of hydrogen-bond donors (Lipinski definition) is 1. The molecule has 3 heterocycles. The first-order chi connectivity index (χ1) is 12.3. The van der Waals surface area contributed by atoms with Gasteiger partial charge in [0.15, 0.2) is 5.58 Å². The van der Waals surface area contributed by atoms with Gasteiger partial charge in [-0.05, 0) is 25.1 Å². The summed E-state index contributed by atoms with van der Waals surface area (Å²) in [5.74, 6) is -0.395. The zero-order valence-electron chi connectivity index (χ0n) is 13.5. The molecule has 6 nitrogen and oxygen atoms in total. The maximum absolute atomic E-state index is 12.2. The molecule has 0 bridgehead atoms. The second-order valence-electron chi connectivity index (χ2n) is 5.44. The molecule has 4 rings (SSSR count). The van der Waals surface area contributed by atoms with Gasteiger partial charge >= 0.3 is 5.97 Å². The fraction of sp³-hybridized carbons (Fsp3) is 0.105. The van der Waals surface area contributed by atoms with Crippen LogP contribution in [0.1, 0.15) is 17.5 Å². The largest absolute Gasteiger partial charge is 0.460 e. The minimum atomic E-state index is -0.519. The normalized spacial score (nSPS) is 10.9. The van der Waals surface area contributed by atoms with E-state index in [4.69, 9.17) is 9.15 Å². The first kappa shape index (κ1) is 15.1. The van der Waals surface area contributed by atoms with Crippen LogP contribution in [-0.4, -0.2) is 22.5 Å². The lowest BCUT2D eigenvalue weighted by molar-refractivity contribution is 0.0494. The van der Waals surface area contributed by atoms with Gasteiger partial charge in [-0.15, -0.1) is 0 Å². The van der Waals surface area contributed by atoms with Gasteiger partial charge in [-0.25, -0.2) is 4.79 Å². The molecule has 0 aliphatic heterocycles. The van der Waals surface area contributed by atoms with Crippen molar-refractivity contribution in [2.75, 3.05) is 11.9 Å². The quantitative estimate of drug-likeness (QED) is 0.561. The van der Waals surface area contributed by atoms with Gasteiger partial charge in [-0.2, -0.15) is 0 Å². The van der Waals surface area contributed by atoms with Crippen molar-refractivity contribution in [2.45, 2.75) is 6.92 Å². The van der Waals surface area contributed by atoms with Crippen LogP contribution in [0.3, 0.4) is 0 Å². The molecule has 3 aromatic heterocycles. The van der Waals surface area contributed by atoms with Crippen LogP contribution >= 0.6 is 0 Å². The van der Waals surface area contributed by atoms with Gasteiger partial charge in [-0.1, -0.05) is 18.2 Å². The second kappa shape index (κ2) is 6.24. The first-order valence-corrected chi connectivity index (χ1v) is 7.91. The fourth-order valence-electron chi connectivity index (χ4n) is 2.70. The van der Waals surface area contributed by atoms with E-state index in [0.29, 0.717) is 11.3 Å². The van der Waals surface area contributed by atoms with Crippen molar-refractivity contribution in [1.82, 2.24) is 9.97 Å². The Balaban J connectivity index is 1.81. The molecule has 0 saturated heterocycles. The molecule has 0 aliphatic carbocycles. The minimum Gasteiger partial charge on any atom is -0.460 e. The molecule has 124 valence electrons. The maximum Gasteiger partial charge on any atom is 0.376 e. The summed E-state index contributed by atoms with van der Waals surface area (Å²) in [5.41, 5.74) is 2.72. The predicted octanol–water partition coefficient (Wildman–Crippen LogP) is 4.30. The molecule has 1 N–H and O–H groups in total. The zero-order chi connectivity index (χ0) is 17.2. The zero-order valence-corrected chi connectivity index (χ0v) is 13.5. The number of carbonyl (C=O) groups excluding carboxylic acids is 1. The number of aromatic nitrogens is 2. The third-order valence-corrected chi connectivity index (χ3v) is 3.81. The number of rotatable bonds is 4. The Bertz CT molecular complexity index is 1070. The summed E-state index contributed by atoms with van der Waals surface area (Å²) >= 11 is 0. The van der Waals surface area contributed by atoms with Gasteiger partial charge in [0.1, 0.15) is 5.69 Å². The summed E-state index contributed by atoms with van der Waals surface area (Å²) < 4.78 is 10.8. The Labute approximate surface area is 143 Å². The monoisotopic (exact) mass is 333 g/mol. The highest BCUT2D eigenvalue weighted by Crippen LogP contribution is 2.33. The van der Waals surface area contributed by atoms with Crippen molar-refractivity contribution in [3.8, 4) is 0 Å². The molecule has 0 unspecified atom stereocenters. The number of benzene rings is 1. The van der Waals surface area contributed by atoms with Crippen molar-refractivity contribution < 1.29 is 13.9 Å². The van der Waals surface area contributed by atoms with E-state index < -0.39 is 5.97 Å². The number of hydrogen-bond acceptors (Lipinski definition) is 6. The second-order valence-corrected chi connectivity index (χ2v) is 5.44. The van der Waals surface area contributed by atoms with E-state index in [1.54, 1.807) is 31.6 Å². The Kier molecular flexibility index (Phi) is 3.78. The maximum atomic E-state index is 12.2. The van der Waals surface area contributed by atoms with Crippen LogP contribution in [0.4, 0.5) is 11.4 Å². The number of carbonyl (C=O) groups is 1. The van der Waals surface area contributed by atoms with E-state index in [9.17, 15) is 4.79 Å². The molecule has 0 amide bonds. The number of esters is 1. The molecule has 0 aliphatic rings. The van der Waals surface area contributed by atoms with E-state index >= 15 is 0 Å². The number of nitrogens with zero attached hydrogens (tertiary/aromatic N) is 2. The molecule has 0 spiro atoms. The van der Waals surface area contributed by atoms with E-state index in [2.05, 4.69) is 15.3 Å². The number of para-hydroxylation sites is 1. The van der Waals surface area contributed by atoms with E-state index in [0.717, 1.165) is 22.0 Å². The lowest BCUT2D eigenvalue weighted by atomic mass is 10.2. The molecular formula is C19H15N3O3. The van der Waals surface area contributed by atoms with Gasteiger partial charge in [0.2, 0.25) is 5.76 Å². The van der Waals surface area contributed by atoms with Crippen LogP contribution < -0.4 is 5.32 Å². The summed E-state index contributed by atoms with van der Waals surface area (Å²) in [6.45, 7) is 2.02. The van der Waals surface area contributed by atoms with E-state index in [1.807, 2.05) is 30.3 Å². The van der Waals surface area contributed by atoms with Gasteiger partial charge < -0.3 is 14.5 Å². The molecule has 0 atom stereocenters. The number of fused-ring (bicyclic) bond motifs is 2. The van der Waals surface area contributed by atoms with Crippen molar-refractivity contribution in [2.24, 2.45) is 0 Å². The summed E-state index contributed by atoms with van der Waals surface area (Å²) in [7, 11) is 0. The highest BCUT2D eigenvalue weighted by Gasteiger charge is 2.22. The molecule has 1 aromatic carbocycles. The number of ether oxygens (including phenoxy) is 1. The average Bonchev–Trinajstić information content (AvgIpc) is 3.01. The smallest absolute Gasteiger partial charge is 0.376 e. The van der Waals surface area contributed by atoms with Gasteiger partial charge in [0, 0.05) is 17.0 Å². The fourth-order valence-corrected chi connectivity index (χ4v) is 2.70. The van der Waals surface area contributed by atoms with Crippen LogP contribution in [0.5, 0.6) is 0 Å². The van der Waals surface area contributed by atoms with Gasteiger partial charge in [-0.3, -0.25) is 9.97 Å². The lowest BCUT2D eigenvalue weighted by Crippen LogP contribution is -2.06. The number of furan rings is 1. The Morgan fingerprint density at radius 2 is 2.12 bits per heavy atom. The predicted molar refractivity (Wildman–Crippen MR) is 95.0 cm³/mol. The minimum absolute atomic E-state index is 0.123. The topological polar surface area (TPSA) is 77.2 Å². The average molecular weight is 333 g/mol. The molecule has 6 heteroatoms. The summed E-state index contributed by atoms with van der Waals surface area (Å²) in [6.07, 6.45) is 4.94. The van der Waals surface area contributed by atoms with E-state index in [1.165, 1.54) is 0 Å². The SMILES string of the molecule is CCOC(=O)c1oc2cnccc2c1Nc1cnc2ccccc2c1. The molecule has 25 heavy (non-hydrogen) atoms. The summed E-state index contributed by atoms with van der Waals surface area (Å²) in [5, 5.41) is 5.00. The van der Waals surface area contributed by atoms with Crippen LogP contribution in [-0.2, 0) is 4.74 Å². The Morgan fingerprint density at radius 1 is 1.24 bits per heavy atom. The first-order valence-electron chi connectivity index (χ1n) is 7.91. The number of nitrogens with one attached hydrogen (secondary N) is 1. The third kappa shape index (κ3) is 2.78. The van der Waals surface area contributed by atoms with Crippen molar-refractivity contribution >= 4 is 39.2 Å². The van der Waals surface area contributed by atoms with Gasteiger partial charge in [0.05, 0.1) is 30.2 Å². The van der Waals surface area contributed by atoms with Crippen LogP contribution in [0.25, 0.3) is 21.9 Å². The van der Waals surface area contributed by atoms with Crippen molar-refractivity contribution in [3.63, 3.8) is 0 Å². The van der Waals surface area contributed by atoms with Crippen molar-refractivity contribution in [1.29, 1.82) is 0 Å². The van der Waals surface area contributed by atoms with Crippen LogP contribution in [0.15, 0.2) is 59.4 Å². The highest BCUT2D eigenvalue weighted by molar-refractivity contribution is 6.05. The molecular weight excluding hydrogens is 318 g/mol. The van der Waals surface area contributed by atoms with Crippen LogP contribution in [0.2, 0.25) is 0 Å². The van der Waals surface area contributed by atoms with Crippen molar-refractivity contribution in [3.05, 3.63) is 60.7 Å². The Morgan fingerprint density at radius 3 is 3.00 bits per heavy atom. The Hall–Kier alpha value is -3.41. The molecule has 0 saturated carbocycles. The lowest BCUT2D eigenvalue weighted by Gasteiger charge is -2.08. The summed E-state index contributed by atoms with van der Waals surface area (Å²) in [6, 6.07) is 11.6. The van der Waals surface area contributed by atoms with E-state index in [-0.39, 0.29) is 12.4 Å². The molecule has 4 aromatic rings. The number of anilines is 2.